The van der Waals surface area contributed by atoms with E-state index < -0.39 is 6.04 Å². The van der Waals surface area contributed by atoms with Crippen molar-refractivity contribution in [2.45, 2.75) is 26.4 Å². The Balaban J connectivity index is 2.59. The van der Waals surface area contributed by atoms with Gasteiger partial charge in [-0.2, -0.15) is 0 Å². The monoisotopic (exact) mass is 318 g/mol. The highest BCUT2D eigenvalue weighted by molar-refractivity contribution is 9.10. The molecule has 0 fully saturated rings. The van der Waals surface area contributed by atoms with Gasteiger partial charge in [-0.3, -0.25) is 4.79 Å². The number of hydrogen-bond acceptors (Lipinski definition) is 2. The molecule has 1 rings (SSSR count). The maximum absolute atomic E-state index is 11.6. The van der Waals surface area contributed by atoms with E-state index in [1.165, 1.54) is 0 Å². The summed E-state index contributed by atoms with van der Waals surface area (Å²) in [6.45, 7) is 4.22. The van der Waals surface area contributed by atoms with Crippen molar-refractivity contribution >= 4 is 33.4 Å². The van der Waals surface area contributed by atoms with E-state index in [1.807, 2.05) is 26.0 Å². The molecule has 3 nitrogen and oxygen atoms in total. The number of carbonyl (C=O) groups is 1. The molecule has 1 atom stereocenters. The van der Waals surface area contributed by atoms with Gasteiger partial charge in [0.05, 0.1) is 6.04 Å². The first kappa shape index (κ1) is 14.5. The van der Waals surface area contributed by atoms with Gasteiger partial charge in [-0.05, 0) is 23.6 Å². The van der Waals surface area contributed by atoms with Crippen molar-refractivity contribution in [3.63, 3.8) is 0 Å². The van der Waals surface area contributed by atoms with Gasteiger partial charge in [0.2, 0.25) is 5.91 Å². The second-order valence-electron chi connectivity index (χ2n) is 4.22. The fourth-order valence-electron chi connectivity index (χ4n) is 1.27. The van der Waals surface area contributed by atoms with Crippen LogP contribution in [-0.2, 0) is 11.3 Å². The fourth-order valence-corrected chi connectivity index (χ4v) is 2.01. The fraction of sp³-hybridized carbons (Fsp3) is 0.417. The van der Waals surface area contributed by atoms with Crippen LogP contribution in [0, 0.1) is 5.92 Å². The second kappa shape index (κ2) is 6.38. The van der Waals surface area contributed by atoms with E-state index in [0.29, 0.717) is 11.6 Å². The Morgan fingerprint density at radius 3 is 2.71 bits per heavy atom. The van der Waals surface area contributed by atoms with Crippen LogP contribution in [0.3, 0.4) is 0 Å². The van der Waals surface area contributed by atoms with Crippen LogP contribution >= 0.6 is 27.5 Å². The zero-order chi connectivity index (χ0) is 13.0. The molecule has 1 aromatic rings. The number of amides is 1. The van der Waals surface area contributed by atoms with Crippen LogP contribution in [0.5, 0.6) is 0 Å². The summed E-state index contributed by atoms with van der Waals surface area (Å²) in [4.78, 5) is 11.6. The number of rotatable bonds is 4. The van der Waals surface area contributed by atoms with Gasteiger partial charge in [-0.15, -0.1) is 0 Å². The molecule has 17 heavy (non-hydrogen) atoms. The normalized spacial score (nSPS) is 12.6. The van der Waals surface area contributed by atoms with Crippen LogP contribution in [0.15, 0.2) is 22.7 Å². The molecule has 0 saturated carbocycles. The van der Waals surface area contributed by atoms with E-state index in [0.717, 1.165) is 10.0 Å². The molecule has 0 heterocycles. The molecule has 0 aliphatic heterocycles. The molecular weight excluding hydrogens is 304 g/mol. The van der Waals surface area contributed by atoms with Crippen LogP contribution in [0.4, 0.5) is 0 Å². The largest absolute Gasteiger partial charge is 0.351 e. The highest BCUT2D eigenvalue weighted by atomic mass is 79.9. The van der Waals surface area contributed by atoms with Crippen LogP contribution in [0.1, 0.15) is 19.4 Å². The van der Waals surface area contributed by atoms with Crippen molar-refractivity contribution in [1.29, 1.82) is 0 Å². The summed E-state index contributed by atoms with van der Waals surface area (Å²) >= 11 is 9.37. The average molecular weight is 320 g/mol. The number of carbonyl (C=O) groups excluding carboxylic acids is 1. The molecule has 1 aromatic carbocycles. The third-order valence-corrected chi connectivity index (χ3v) is 3.33. The minimum absolute atomic E-state index is 0.121. The Bertz CT molecular complexity index is 409. The third kappa shape index (κ3) is 4.30. The molecular formula is C12H16BrClN2O. The average Bonchev–Trinajstić information content (AvgIpc) is 2.26. The molecule has 0 aliphatic carbocycles. The lowest BCUT2D eigenvalue weighted by atomic mass is 10.0. The number of benzene rings is 1. The van der Waals surface area contributed by atoms with Crippen molar-refractivity contribution in [2.75, 3.05) is 0 Å². The summed E-state index contributed by atoms with van der Waals surface area (Å²) in [7, 11) is 0. The summed E-state index contributed by atoms with van der Waals surface area (Å²) in [6, 6.07) is 5.07. The van der Waals surface area contributed by atoms with Crippen molar-refractivity contribution in [3.8, 4) is 0 Å². The van der Waals surface area contributed by atoms with Crippen LogP contribution in [0.25, 0.3) is 0 Å². The first-order chi connectivity index (χ1) is 7.91. The van der Waals surface area contributed by atoms with Gasteiger partial charge in [0.15, 0.2) is 0 Å². The summed E-state index contributed by atoms with van der Waals surface area (Å²) in [6.07, 6.45) is 0. The highest BCUT2D eigenvalue weighted by Crippen LogP contribution is 2.21. The summed E-state index contributed by atoms with van der Waals surface area (Å²) in [5.74, 6) is -0.0330. The number of halogens is 2. The smallest absolute Gasteiger partial charge is 0.237 e. The van der Waals surface area contributed by atoms with Gasteiger partial charge in [0.1, 0.15) is 0 Å². The van der Waals surface area contributed by atoms with Crippen LogP contribution < -0.4 is 11.1 Å². The molecule has 0 unspecified atom stereocenters. The topological polar surface area (TPSA) is 55.1 Å². The number of hydrogen-bond donors (Lipinski definition) is 2. The highest BCUT2D eigenvalue weighted by Gasteiger charge is 2.16. The molecule has 0 aliphatic rings. The van der Waals surface area contributed by atoms with Crippen LogP contribution in [-0.4, -0.2) is 11.9 Å². The lowest BCUT2D eigenvalue weighted by molar-refractivity contribution is -0.123. The Morgan fingerprint density at radius 1 is 1.53 bits per heavy atom. The molecule has 0 bridgehead atoms. The molecule has 0 saturated heterocycles. The molecule has 1 amide bonds. The Morgan fingerprint density at radius 2 is 2.18 bits per heavy atom. The standard InChI is InChI=1S/C12H16BrClN2O/c1-7(2)11(15)12(17)16-6-8-3-4-9(13)5-10(8)14/h3-5,7,11H,6,15H2,1-2H3,(H,16,17)/t11-/m0/s1. The first-order valence-corrected chi connectivity index (χ1v) is 6.56. The second-order valence-corrected chi connectivity index (χ2v) is 5.55. The maximum atomic E-state index is 11.6. The van der Waals surface area contributed by atoms with Gasteiger partial charge in [0.25, 0.3) is 0 Å². The molecule has 0 spiro atoms. The van der Waals surface area contributed by atoms with Crippen molar-refractivity contribution in [1.82, 2.24) is 5.32 Å². The van der Waals surface area contributed by atoms with E-state index in [2.05, 4.69) is 21.2 Å². The van der Waals surface area contributed by atoms with Crippen molar-refractivity contribution < 1.29 is 4.79 Å². The molecule has 0 aromatic heterocycles. The van der Waals surface area contributed by atoms with Crippen molar-refractivity contribution in [3.05, 3.63) is 33.3 Å². The Hall–Kier alpha value is -0.580. The predicted molar refractivity (Wildman–Crippen MR) is 73.8 cm³/mol. The van der Waals surface area contributed by atoms with Gasteiger partial charge in [0, 0.05) is 16.0 Å². The van der Waals surface area contributed by atoms with Gasteiger partial charge in [-0.1, -0.05) is 47.4 Å². The quantitative estimate of drug-likeness (QED) is 0.896. The predicted octanol–water partition coefficient (Wildman–Crippen LogP) is 2.70. The molecule has 3 N–H and O–H groups in total. The zero-order valence-electron chi connectivity index (χ0n) is 9.84. The molecule has 0 radical (unpaired) electrons. The minimum Gasteiger partial charge on any atom is -0.351 e. The van der Waals surface area contributed by atoms with E-state index in [-0.39, 0.29) is 11.8 Å². The van der Waals surface area contributed by atoms with Crippen molar-refractivity contribution in [2.24, 2.45) is 11.7 Å². The summed E-state index contributed by atoms with van der Waals surface area (Å²) < 4.78 is 0.913. The maximum Gasteiger partial charge on any atom is 0.237 e. The summed E-state index contributed by atoms with van der Waals surface area (Å²) in [5.41, 5.74) is 6.61. The Kier molecular flexibility index (Phi) is 5.43. The summed E-state index contributed by atoms with van der Waals surface area (Å²) in [5, 5.41) is 3.40. The SMILES string of the molecule is CC(C)[C@H](N)C(=O)NCc1ccc(Br)cc1Cl. The van der Waals surface area contributed by atoms with Gasteiger partial charge in [-0.25, -0.2) is 0 Å². The lowest BCUT2D eigenvalue weighted by Gasteiger charge is -2.15. The lowest BCUT2D eigenvalue weighted by Crippen LogP contribution is -2.43. The third-order valence-electron chi connectivity index (χ3n) is 2.49. The van der Waals surface area contributed by atoms with Gasteiger partial charge >= 0.3 is 0 Å². The number of nitrogens with one attached hydrogen (secondary N) is 1. The van der Waals surface area contributed by atoms with E-state index in [1.54, 1.807) is 6.07 Å². The van der Waals surface area contributed by atoms with E-state index in [4.69, 9.17) is 17.3 Å². The Labute approximate surface area is 115 Å². The first-order valence-electron chi connectivity index (χ1n) is 5.39. The van der Waals surface area contributed by atoms with Crippen LogP contribution in [0.2, 0.25) is 5.02 Å². The minimum atomic E-state index is -0.482. The van der Waals surface area contributed by atoms with E-state index in [9.17, 15) is 4.79 Å². The number of nitrogens with two attached hydrogens (primary N) is 1. The zero-order valence-corrected chi connectivity index (χ0v) is 12.2. The van der Waals surface area contributed by atoms with E-state index >= 15 is 0 Å². The van der Waals surface area contributed by atoms with Gasteiger partial charge < -0.3 is 11.1 Å². The molecule has 5 heteroatoms. The molecule has 94 valence electrons.